The van der Waals surface area contributed by atoms with Crippen LogP contribution in [0.15, 0.2) is 48.5 Å². The van der Waals surface area contributed by atoms with E-state index in [9.17, 15) is 18.0 Å². The van der Waals surface area contributed by atoms with Crippen molar-refractivity contribution in [2.75, 3.05) is 43.0 Å². The Hall–Kier alpha value is -2.74. The van der Waals surface area contributed by atoms with E-state index in [2.05, 4.69) is 10.2 Å². The van der Waals surface area contributed by atoms with Crippen LogP contribution in [-0.4, -0.2) is 44.7 Å². The molecule has 1 fully saturated rings. The molecular weight excluding hydrogens is 395 g/mol. The number of quaternary nitrogens is 1. The van der Waals surface area contributed by atoms with Crippen molar-refractivity contribution >= 4 is 17.3 Å². The number of hydrogen-bond donors (Lipinski definition) is 2. The molecule has 1 aliphatic rings. The van der Waals surface area contributed by atoms with Crippen LogP contribution in [0.1, 0.15) is 19.4 Å². The standard InChI is InChI=1S/C22H26F3N3O2/c1-3-30-20-10-5-4-9-19(20)28-13-11-27(12-14-28)16(2)21(29)26-18-8-6-7-17(15-18)22(23,24)25/h4-10,15-16H,3,11-14H2,1-2H3,(H,26,29)/p+1/t16-/m1/s1. The lowest BCUT2D eigenvalue weighted by molar-refractivity contribution is -0.914. The number of ether oxygens (including phenoxy) is 1. The number of carbonyl (C=O) groups excluding carboxylic acids is 1. The van der Waals surface area contributed by atoms with Gasteiger partial charge in [0.2, 0.25) is 0 Å². The largest absolute Gasteiger partial charge is 0.492 e. The molecule has 30 heavy (non-hydrogen) atoms. The molecule has 0 radical (unpaired) electrons. The van der Waals surface area contributed by atoms with E-state index in [0.29, 0.717) is 6.61 Å². The molecule has 8 heteroatoms. The Morgan fingerprint density at radius 3 is 2.53 bits per heavy atom. The van der Waals surface area contributed by atoms with E-state index in [1.54, 1.807) is 0 Å². The molecule has 1 atom stereocenters. The van der Waals surface area contributed by atoms with E-state index in [4.69, 9.17) is 4.74 Å². The predicted octanol–water partition coefficient (Wildman–Crippen LogP) is 2.84. The van der Waals surface area contributed by atoms with Crippen LogP contribution in [0.2, 0.25) is 0 Å². The predicted molar refractivity (Wildman–Crippen MR) is 110 cm³/mol. The van der Waals surface area contributed by atoms with Gasteiger partial charge in [-0.05, 0) is 44.2 Å². The number of rotatable bonds is 6. The molecule has 2 aromatic rings. The minimum Gasteiger partial charge on any atom is -0.492 e. The fraction of sp³-hybridized carbons (Fsp3) is 0.409. The molecule has 162 valence electrons. The summed E-state index contributed by atoms with van der Waals surface area (Å²) >= 11 is 0. The zero-order valence-electron chi connectivity index (χ0n) is 17.1. The minimum absolute atomic E-state index is 0.158. The van der Waals surface area contributed by atoms with Crippen molar-refractivity contribution in [2.24, 2.45) is 0 Å². The first-order valence-electron chi connectivity index (χ1n) is 10.1. The molecule has 1 saturated heterocycles. The quantitative estimate of drug-likeness (QED) is 0.753. The molecular formula is C22H27F3N3O2+. The van der Waals surface area contributed by atoms with Crippen LogP contribution in [0.4, 0.5) is 24.5 Å². The van der Waals surface area contributed by atoms with Crippen LogP contribution in [0, 0.1) is 0 Å². The van der Waals surface area contributed by atoms with Crippen molar-refractivity contribution in [1.82, 2.24) is 0 Å². The number of alkyl halides is 3. The van der Waals surface area contributed by atoms with E-state index >= 15 is 0 Å². The van der Waals surface area contributed by atoms with Gasteiger partial charge in [-0.25, -0.2) is 0 Å². The third kappa shape index (κ3) is 5.24. The Bertz CT molecular complexity index is 865. The highest BCUT2D eigenvalue weighted by Crippen LogP contribution is 2.30. The normalized spacial score (nSPS) is 16.2. The fourth-order valence-corrected chi connectivity index (χ4v) is 3.67. The summed E-state index contributed by atoms with van der Waals surface area (Å²) in [6.45, 7) is 7.37. The SMILES string of the molecule is CCOc1ccccc1N1CC[NH+]([C@H](C)C(=O)Nc2cccc(C(F)(F)F)c2)CC1. The number of nitrogens with one attached hydrogen (secondary N) is 2. The van der Waals surface area contributed by atoms with Gasteiger partial charge in [0.15, 0.2) is 6.04 Å². The molecule has 1 heterocycles. The van der Waals surface area contributed by atoms with E-state index in [1.807, 2.05) is 38.1 Å². The highest BCUT2D eigenvalue weighted by atomic mass is 19.4. The van der Waals surface area contributed by atoms with E-state index in [0.717, 1.165) is 54.6 Å². The molecule has 0 aliphatic carbocycles. The van der Waals surface area contributed by atoms with Gasteiger partial charge in [0.1, 0.15) is 5.75 Å². The Morgan fingerprint density at radius 2 is 1.87 bits per heavy atom. The maximum absolute atomic E-state index is 12.9. The maximum Gasteiger partial charge on any atom is 0.416 e. The number of carbonyl (C=O) groups is 1. The third-order valence-corrected chi connectivity index (χ3v) is 5.37. The molecule has 1 amide bonds. The Morgan fingerprint density at radius 1 is 1.17 bits per heavy atom. The zero-order valence-corrected chi connectivity index (χ0v) is 17.1. The van der Waals surface area contributed by atoms with Gasteiger partial charge in [0.05, 0.1) is 44.0 Å². The van der Waals surface area contributed by atoms with Crippen LogP contribution in [0.25, 0.3) is 0 Å². The highest BCUT2D eigenvalue weighted by molar-refractivity contribution is 5.93. The van der Waals surface area contributed by atoms with Crippen molar-refractivity contribution in [3.8, 4) is 5.75 Å². The lowest BCUT2D eigenvalue weighted by Crippen LogP contribution is -3.19. The summed E-state index contributed by atoms with van der Waals surface area (Å²) in [5, 5.41) is 2.63. The van der Waals surface area contributed by atoms with Crippen molar-refractivity contribution in [1.29, 1.82) is 0 Å². The smallest absolute Gasteiger partial charge is 0.416 e. The summed E-state index contributed by atoms with van der Waals surface area (Å²) in [6.07, 6.45) is -4.44. The lowest BCUT2D eigenvalue weighted by Gasteiger charge is -2.36. The van der Waals surface area contributed by atoms with Crippen LogP contribution < -0.4 is 19.9 Å². The monoisotopic (exact) mass is 422 g/mol. The third-order valence-electron chi connectivity index (χ3n) is 5.37. The molecule has 3 rings (SSSR count). The van der Waals surface area contributed by atoms with Gasteiger partial charge in [-0.15, -0.1) is 0 Å². The maximum atomic E-state index is 12.9. The van der Waals surface area contributed by atoms with Crippen molar-refractivity contribution in [3.05, 3.63) is 54.1 Å². The molecule has 5 nitrogen and oxygen atoms in total. The topological polar surface area (TPSA) is 46.0 Å². The lowest BCUT2D eigenvalue weighted by atomic mass is 10.1. The molecule has 0 bridgehead atoms. The second kappa shape index (κ2) is 9.38. The molecule has 2 aromatic carbocycles. The fourth-order valence-electron chi connectivity index (χ4n) is 3.67. The number of hydrogen-bond acceptors (Lipinski definition) is 3. The zero-order chi connectivity index (χ0) is 21.7. The van der Waals surface area contributed by atoms with E-state index < -0.39 is 11.7 Å². The number of nitrogens with zero attached hydrogens (tertiary/aromatic N) is 1. The summed E-state index contributed by atoms with van der Waals surface area (Å²) < 4.78 is 44.3. The van der Waals surface area contributed by atoms with Gasteiger partial charge in [-0.1, -0.05) is 18.2 Å². The number of halogens is 3. The minimum atomic E-state index is -4.44. The Balaban J connectivity index is 1.59. The summed E-state index contributed by atoms with van der Waals surface area (Å²) in [7, 11) is 0. The van der Waals surface area contributed by atoms with Crippen LogP contribution in [0.3, 0.4) is 0 Å². The number of amides is 1. The molecule has 0 aromatic heterocycles. The van der Waals surface area contributed by atoms with Crippen molar-refractivity contribution < 1.29 is 27.6 Å². The summed E-state index contributed by atoms with van der Waals surface area (Å²) in [5.74, 6) is 0.561. The first kappa shape index (κ1) is 22.0. The van der Waals surface area contributed by atoms with Crippen molar-refractivity contribution in [3.63, 3.8) is 0 Å². The first-order chi connectivity index (χ1) is 14.3. The highest BCUT2D eigenvalue weighted by Gasteiger charge is 2.32. The van der Waals surface area contributed by atoms with Crippen molar-refractivity contribution in [2.45, 2.75) is 26.1 Å². The van der Waals surface area contributed by atoms with Crippen LogP contribution in [0.5, 0.6) is 5.75 Å². The number of benzene rings is 2. The average molecular weight is 422 g/mol. The Kier molecular flexibility index (Phi) is 6.87. The Labute approximate surface area is 174 Å². The van der Waals surface area contributed by atoms with E-state index in [1.165, 1.54) is 12.1 Å². The van der Waals surface area contributed by atoms with Gasteiger partial charge in [0.25, 0.3) is 5.91 Å². The van der Waals surface area contributed by atoms with Crippen LogP contribution >= 0.6 is 0 Å². The molecule has 0 unspecified atom stereocenters. The number of piperazine rings is 1. The van der Waals surface area contributed by atoms with Gasteiger partial charge in [-0.2, -0.15) is 13.2 Å². The second-order valence-corrected chi connectivity index (χ2v) is 7.34. The molecule has 1 aliphatic heterocycles. The number of para-hydroxylation sites is 2. The van der Waals surface area contributed by atoms with E-state index in [-0.39, 0.29) is 17.6 Å². The van der Waals surface area contributed by atoms with Gasteiger partial charge in [0, 0.05) is 5.69 Å². The van der Waals surface area contributed by atoms with Gasteiger partial charge in [-0.3, -0.25) is 4.79 Å². The van der Waals surface area contributed by atoms with Crippen LogP contribution in [-0.2, 0) is 11.0 Å². The second-order valence-electron chi connectivity index (χ2n) is 7.34. The average Bonchev–Trinajstić information content (AvgIpc) is 2.73. The summed E-state index contributed by atoms with van der Waals surface area (Å²) in [4.78, 5) is 16.0. The molecule has 0 saturated carbocycles. The van der Waals surface area contributed by atoms with Gasteiger partial charge >= 0.3 is 6.18 Å². The number of anilines is 2. The molecule has 0 spiro atoms. The summed E-state index contributed by atoms with van der Waals surface area (Å²) in [5.41, 5.74) is 0.423. The summed E-state index contributed by atoms with van der Waals surface area (Å²) in [6, 6.07) is 12.2. The first-order valence-corrected chi connectivity index (χ1v) is 10.1. The molecule has 2 N–H and O–H groups in total. The van der Waals surface area contributed by atoms with Gasteiger partial charge < -0.3 is 19.9 Å².